The number of carboxylic acid groups (broad SMARTS) is 1. The van der Waals surface area contributed by atoms with Gasteiger partial charge in [-0.15, -0.1) is 0 Å². The van der Waals surface area contributed by atoms with Crippen LogP contribution in [-0.2, 0) is 9.59 Å². The summed E-state index contributed by atoms with van der Waals surface area (Å²) in [7, 11) is 0. The van der Waals surface area contributed by atoms with Gasteiger partial charge in [0.25, 0.3) is 11.8 Å². The number of carboxylic acids is 1. The van der Waals surface area contributed by atoms with E-state index in [0.717, 1.165) is 9.37 Å². The number of urea groups is 1. The minimum Gasteiger partial charge on any atom is -0.478 e. The van der Waals surface area contributed by atoms with Crippen molar-refractivity contribution in [2.45, 2.75) is 6.92 Å². The van der Waals surface area contributed by atoms with Crippen molar-refractivity contribution in [3.05, 3.63) is 81.5 Å². The molecule has 8 nitrogen and oxygen atoms in total. The molecule has 1 aliphatic heterocycles. The largest absolute Gasteiger partial charge is 0.478 e. The number of nitrogens with one attached hydrogen (secondary N) is 1. The predicted molar refractivity (Wildman–Crippen MR) is 119 cm³/mol. The smallest absolute Gasteiger partial charge is 0.335 e. The summed E-state index contributed by atoms with van der Waals surface area (Å²) in [4.78, 5) is 49.5. The first-order valence-electron chi connectivity index (χ1n) is 9.36. The summed E-state index contributed by atoms with van der Waals surface area (Å²) in [6, 6.07) is 13.5. The normalized spacial score (nSPS) is 15.2. The van der Waals surface area contributed by atoms with Gasteiger partial charge in [0, 0.05) is 10.0 Å². The van der Waals surface area contributed by atoms with E-state index in [1.54, 1.807) is 49.4 Å². The first kappa shape index (κ1) is 21.3. The highest BCUT2D eigenvalue weighted by atomic mass is 79.9. The van der Waals surface area contributed by atoms with Crippen molar-refractivity contribution in [3.8, 4) is 11.3 Å². The summed E-state index contributed by atoms with van der Waals surface area (Å²) in [6.07, 6.45) is 1.26. The van der Waals surface area contributed by atoms with Gasteiger partial charge in [-0.05, 0) is 67.1 Å². The quantitative estimate of drug-likeness (QED) is 0.410. The van der Waals surface area contributed by atoms with Crippen LogP contribution < -0.4 is 10.2 Å². The number of nitrogens with zero attached hydrogens (tertiary/aromatic N) is 1. The second-order valence-electron chi connectivity index (χ2n) is 6.97. The number of benzene rings is 2. The first-order valence-corrected chi connectivity index (χ1v) is 10.1. The highest BCUT2D eigenvalue weighted by Crippen LogP contribution is 2.28. The third-order valence-corrected chi connectivity index (χ3v) is 5.37. The van der Waals surface area contributed by atoms with Crippen molar-refractivity contribution in [1.82, 2.24) is 5.32 Å². The molecule has 0 bridgehead atoms. The molecule has 4 amide bonds. The molecule has 0 aliphatic carbocycles. The molecule has 1 aromatic heterocycles. The third kappa shape index (κ3) is 3.97. The molecule has 1 saturated heterocycles. The number of rotatable bonds is 4. The van der Waals surface area contributed by atoms with Gasteiger partial charge >= 0.3 is 12.0 Å². The predicted octanol–water partition coefficient (Wildman–Crippen LogP) is 4.38. The summed E-state index contributed by atoms with van der Waals surface area (Å²) < 4.78 is 6.54. The molecule has 2 heterocycles. The molecule has 160 valence electrons. The van der Waals surface area contributed by atoms with Crippen molar-refractivity contribution in [2.24, 2.45) is 0 Å². The Morgan fingerprint density at radius 1 is 1.06 bits per heavy atom. The number of hydrogen-bond acceptors (Lipinski definition) is 5. The molecule has 2 N–H and O–H groups in total. The van der Waals surface area contributed by atoms with Crippen molar-refractivity contribution < 1.29 is 28.7 Å². The summed E-state index contributed by atoms with van der Waals surface area (Å²) in [5.41, 5.74) is 1.57. The van der Waals surface area contributed by atoms with Crippen molar-refractivity contribution in [3.63, 3.8) is 0 Å². The van der Waals surface area contributed by atoms with Gasteiger partial charge in [0.2, 0.25) is 0 Å². The molecular formula is C23H15BrN2O6. The van der Waals surface area contributed by atoms with E-state index in [1.807, 2.05) is 0 Å². The van der Waals surface area contributed by atoms with Crippen LogP contribution in [-0.4, -0.2) is 28.9 Å². The van der Waals surface area contributed by atoms with Crippen LogP contribution in [0.4, 0.5) is 10.5 Å². The second kappa shape index (κ2) is 8.27. The lowest BCUT2D eigenvalue weighted by molar-refractivity contribution is -0.122. The van der Waals surface area contributed by atoms with E-state index >= 15 is 0 Å². The molecule has 1 fully saturated rings. The number of aryl methyl sites for hydroxylation is 1. The monoisotopic (exact) mass is 494 g/mol. The molecule has 3 aromatic rings. The summed E-state index contributed by atoms with van der Waals surface area (Å²) in [6.45, 7) is 1.75. The summed E-state index contributed by atoms with van der Waals surface area (Å²) in [5.74, 6) is -1.97. The lowest BCUT2D eigenvalue weighted by atomic mass is 10.0. The fraction of sp³-hybridized carbons (Fsp3) is 0.0435. The molecule has 0 radical (unpaired) electrons. The molecule has 9 heteroatoms. The van der Waals surface area contributed by atoms with Gasteiger partial charge in [-0.2, -0.15) is 0 Å². The second-order valence-corrected chi connectivity index (χ2v) is 7.89. The molecular weight excluding hydrogens is 480 g/mol. The maximum Gasteiger partial charge on any atom is 0.335 e. The Balaban J connectivity index is 1.66. The average molecular weight is 495 g/mol. The Morgan fingerprint density at radius 2 is 1.78 bits per heavy atom. The number of furan rings is 1. The van der Waals surface area contributed by atoms with Crippen LogP contribution in [0.1, 0.15) is 21.7 Å². The molecule has 0 spiro atoms. The summed E-state index contributed by atoms with van der Waals surface area (Å²) in [5, 5.41) is 11.3. The number of halogens is 1. The number of imide groups is 2. The molecule has 4 rings (SSSR count). The highest BCUT2D eigenvalue weighted by Gasteiger charge is 2.37. The zero-order chi connectivity index (χ0) is 23.0. The Kier molecular flexibility index (Phi) is 5.50. The van der Waals surface area contributed by atoms with Gasteiger partial charge in [-0.1, -0.05) is 22.0 Å². The molecule has 0 atom stereocenters. The SMILES string of the molecule is Cc1cc(C(=O)O)ccc1-c1ccc(/C=C2\C(=O)NC(=O)N(c3ccc(Br)cc3)C2=O)o1. The molecule has 1 aliphatic rings. The van der Waals surface area contributed by atoms with Crippen molar-refractivity contribution in [2.75, 3.05) is 4.90 Å². The van der Waals surface area contributed by atoms with E-state index in [4.69, 9.17) is 9.52 Å². The fourth-order valence-corrected chi connectivity index (χ4v) is 3.54. The van der Waals surface area contributed by atoms with E-state index < -0.39 is 23.8 Å². The number of aromatic carboxylic acids is 1. The van der Waals surface area contributed by atoms with Crippen molar-refractivity contribution in [1.29, 1.82) is 0 Å². The Hall–Kier alpha value is -3.98. The minimum atomic E-state index is -1.03. The van der Waals surface area contributed by atoms with Gasteiger partial charge < -0.3 is 9.52 Å². The van der Waals surface area contributed by atoms with Gasteiger partial charge in [0.15, 0.2) is 0 Å². The molecule has 32 heavy (non-hydrogen) atoms. The maximum atomic E-state index is 12.9. The Bertz CT molecular complexity index is 1310. The number of hydrogen-bond donors (Lipinski definition) is 2. The highest BCUT2D eigenvalue weighted by molar-refractivity contribution is 9.10. The van der Waals surface area contributed by atoms with Gasteiger partial charge in [0.05, 0.1) is 11.3 Å². The van der Waals surface area contributed by atoms with Crippen LogP contribution in [0.3, 0.4) is 0 Å². The van der Waals surface area contributed by atoms with E-state index in [1.165, 1.54) is 18.2 Å². The molecule has 2 aromatic carbocycles. The van der Waals surface area contributed by atoms with E-state index in [-0.39, 0.29) is 16.9 Å². The number of barbiturate groups is 1. The van der Waals surface area contributed by atoms with E-state index in [9.17, 15) is 19.2 Å². The standard InChI is InChI=1S/C23H15BrN2O6/c1-12-10-13(22(29)30)2-8-17(12)19-9-7-16(32-19)11-18-20(27)25-23(31)26(21(18)28)15-5-3-14(24)4-6-15/h2-11H,1H3,(H,29,30)(H,25,27,31)/b18-11+. The molecule has 0 unspecified atom stereocenters. The van der Waals surface area contributed by atoms with Crippen LogP contribution in [0, 0.1) is 6.92 Å². The Morgan fingerprint density at radius 3 is 2.44 bits per heavy atom. The van der Waals surface area contributed by atoms with Crippen LogP contribution in [0.15, 0.2) is 69.1 Å². The average Bonchev–Trinajstić information content (AvgIpc) is 3.20. The minimum absolute atomic E-state index is 0.155. The van der Waals surface area contributed by atoms with E-state index in [2.05, 4.69) is 21.2 Å². The lowest BCUT2D eigenvalue weighted by Gasteiger charge is -2.26. The molecule has 0 saturated carbocycles. The van der Waals surface area contributed by atoms with E-state index in [0.29, 0.717) is 22.6 Å². The maximum absolute atomic E-state index is 12.9. The topological polar surface area (TPSA) is 117 Å². The Labute approximate surface area is 190 Å². The third-order valence-electron chi connectivity index (χ3n) is 4.84. The first-order chi connectivity index (χ1) is 15.2. The van der Waals surface area contributed by atoms with Crippen LogP contribution in [0.2, 0.25) is 0 Å². The number of carbonyl (C=O) groups is 4. The zero-order valence-corrected chi connectivity index (χ0v) is 18.2. The number of anilines is 1. The van der Waals surface area contributed by atoms with Gasteiger partial charge in [0.1, 0.15) is 17.1 Å². The van der Waals surface area contributed by atoms with Crippen LogP contribution in [0.5, 0.6) is 0 Å². The van der Waals surface area contributed by atoms with Gasteiger partial charge in [-0.3, -0.25) is 14.9 Å². The zero-order valence-electron chi connectivity index (χ0n) is 16.6. The fourth-order valence-electron chi connectivity index (χ4n) is 3.27. The van der Waals surface area contributed by atoms with Gasteiger partial charge in [-0.25, -0.2) is 14.5 Å². The number of amides is 4. The van der Waals surface area contributed by atoms with Crippen molar-refractivity contribution >= 4 is 51.5 Å². The van der Waals surface area contributed by atoms with Crippen LogP contribution in [0.25, 0.3) is 17.4 Å². The van der Waals surface area contributed by atoms with Crippen LogP contribution >= 0.6 is 15.9 Å². The summed E-state index contributed by atoms with van der Waals surface area (Å²) >= 11 is 3.29. The lowest BCUT2D eigenvalue weighted by Crippen LogP contribution is -2.54. The number of carbonyl (C=O) groups excluding carboxylic acids is 3.